The molecule has 1 N–H and O–H groups in total. The molecule has 1 aromatic rings. The van der Waals surface area contributed by atoms with Crippen LogP contribution in [0.4, 0.5) is 13.2 Å². The number of thioether (sulfide) groups is 2. The van der Waals surface area contributed by atoms with Gasteiger partial charge < -0.3 is 5.11 Å². The summed E-state index contributed by atoms with van der Waals surface area (Å²) in [4.78, 5) is 3.65. The van der Waals surface area contributed by atoms with E-state index in [2.05, 4.69) is 18.8 Å². The van der Waals surface area contributed by atoms with E-state index in [1.807, 2.05) is 0 Å². The molecule has 2 nitrogen and oxygen atoms in total. The van der Waals surface area contributed by atoms with Gasteiger partial charge in [-0.3, -0.25) is 0 Å². The van der Waals surface area contributed by atoms with Crippen LogP contribution in [0.15, 0.2) is 6.20 Å². The number of alkyl halides is 3. The van der Waals surface area contributed by atoms with E-state index in [4.69, 9.17) is 0 Å². The monoisotopic (exact) mass is 329 g/mol. The predicted octanol–water partition coefficient (Wildman–Crippen LogP) is 3.82. The van der Waals surface area contributed by atoms with Crippen molar-refractivity contribution in [3.8, 4) is 0 Å². The summed E-state index contributed by atoms with van der Waals surface area (Å²) in [6.45, 7) is 4.20. The molecule has 0 aromatic carbocycles. The van der Waals surface area contributed by atoms with E-state index in [-0.39, 0.29) is 5.25 Å². The first-order valence-corrected chi connectivity index (χ1v) is 8.58. The third-order valence-electron chi connectivity index (χ3n) is 2.98. The van der Waals surface area contributed by atoms with Gasteiger partial charge in [0.25, 0.3) is 0 Å². The molecule has 1 saturated heterocycles. The van der Waals surface area contributed by atoms with Crippen molar-refractivity contribution in [2.24, 2.45) is 0 Å². The van der Waals surface area contributed by atoms with Gasteiger partial charge in [-0.05, 0) is 0 Å². The molecule has 0 bridgehead atoms. The number of nitrogens with zero attached hydrogens (tertiary/aromatic N) is 1. The molecule has 0 aliphatic carbocycles. The first-order valence-electron chi connectivity index (χ1n) is 5.77. The summed E-state index contributed by atoms with van der Waals surface area (Å²) < 4.78 is 37.4. The van der Waals surface area contributed by atoms with Gasteiger partial charge in [0.05, 0.1) is 4.88 Å². The molecule has 8 heteroatoms. The minimum absolute atomic E-state index is 0.0715. The Morgan fingerprint density at radius 1 is 1.37 bits per heavy atom. The molecule has 2 heterocycles. The first kappa shape index (κ1) is 15.5. The fraction of sp³-hybridized carbons (Fsp3) is 0.727. The van der Waals surface area contributed by atoms with Crippen molar-refractivity contribution >= 4 is 34.9 Å². The summed E-state index contributed by atoms with van der Waals surface area (Å²) in [7, 11) is 0. The highest BCUT2D eigenvalue weighted by Crippen LogP contribution is 2.43. The normalized spacial score (nSPS) is 30.3. The molecule has 108 valence electrons. The molecule has 19 heavy (non-hydrogen) atoms. The Morgan fingerprint density at radius 3 is 2.58 bits per heavy atom. The SMILES string of the molecule is CC1SCC(C(O)c2cnc(C(F)(F)F)s2)SC1C. The van der Waals surface area contributed by atoms with E-state index in [1.165, 1.54) is 0 Å². The van der Waals surface area contributed by atoms with E-state index in [0.717, 1.165) is 11.9 Å². The minimum atomic E-state index is -4.43. The number of aromatic nitrogens is 1. The zero-order chi connectivity index (χ0) is 14.2. The lowest BCUT2D eigenvalue weighted by atomic mass is 10.2. The number of thiazole rings is 1. The topological polar surface area (TPSA) is 33.1 Å². The second-order valence-electron chi connectivity index (χ2n) is 4.43. The van der Waals surface area contributed by atoms with E-state index in [9.17, 15) is 18.3 Å². The predicted molar refractivity (Wildman–Crippen MR) is 74.8 cm³/mol. The number of halogens is 3. The summed E-state index contributed by atoms with van der Waals surface area (Å²) in [5.74, 6) is 0.747. The van der Waals surface area contributed by atoms with Crippen molar-refractivity contribution in [3.63, 3.8) is 0 Å². The second kappa shape index (κ2) is 5.83. The fourth-order valence-electron chi connectivity index (χ4n) is 1.71. The summed E-state index contributed by atoms with van der Waals surface area (Å²) in [5.41, 5.74) is 0. The molecule has 1 fully saturated rings. The summed E-state index contributed by atoms with van der Waals surface area (Å²) in [6.07, 6.45) is -4.16. The molecule has 0 spiro atoms. The van der Waals surface area contributed by atoms with Crippen LogP contribution in [-0.2, 0) is 6.18 Å². The zero-order valence-corrected chi connectivity index (χ0v) is 12.8. The third-order valence-corrected chi connectivity index (χ3v) is 7.58. The van der Waals surface area contributed by atoms with Crippen molar-refractivity contribution < 1.29 is 18.3 Å². The van der Waals surface area contributed by atoms with Gasteiger partial charge in [0.15, 0.2) is 5.01 Å². The average molecular weight is 329 g/mol. The fourth-order valence-corrected chi connectivity index (χ4v) is 5.62. The molecule has 0 radical (unpaired) electrons. The van der Waals surface area contributed by atoms with E-state index < -0.39 is 17.3 Å². The van der Waals surface area contributed by atoms with Crippen LogP contribution in [-0.4, -0.2) is 31.6 Å². The number of aliphatic hydroxyl groups excluding tert-OH is 1. The van der Waals surface area contributed by atoms with Crippen LogP contribution >= 0.6 is 34.9 Å². The number of hydrogen-bond donors (Lipinski definition) is 1. The molecular formula is C11H14F3NOS3. The van der Waals surface area contributed by atoms with E-state index >= 15 is 0 Å². The third kappa shape index (κ3) is 3.59. The van der Waals surface area contributed by atoms with Crippen LogP contribution in [0.25, 0.3) is 0 Å². The van der Waals surface area contributed by atoms with Crippen molar-refractivity contribution in [2.75, 3.05) is 5.75 Å². The average Bonchev–Trinajstić information content (AvgIpc) is 2.81. The Kier molecular flexibility index (Phi) is 4.75. The van der Waals surface area contributed by atoms with Crippen LogP contribution < -0.4 is 0 Å². The van der Waals surface area contributed by atoms with E-state index in [0.29, 0.717) is 26.7 Å². The first-order chi connectivity index (χ1) is 8.79. The molecule has 1 aromatic heterocycles. The van der Waals surface area contributed by atoms with Crippen molar-refractivity contribution in [3.05, 3.63) is 16.1 Å². The van der Waals surface area contributed by atoms with Crippen LogP contribution in [0.2, 0.25) is 0 Å². The van der Waals surface area contributed by atoms with Gasteiger partial charge in [0.1, 0.15) is 6.10 Å². The van der Waals surface area contributed by atoms with Gasteiger partial charge in [-0.25, -0.2) is 4.98 Å². The highest BCUT2D eigenvalue weighted by atomic mass is 32.2. The smallest absolute Gasteiger partial charge is 0.386 e. The summed E-state index contributed by atoms with van der Waals surface area (Å²) >= 11 is 3.93. The van der Waals surface area contributed by atoms with Crippen molar-refractivity contribution in [1.82, 2.24) is 4.98 Å². The minimum Gasteiger partial charge on any atom is -0.386 e. The van der Waals surface area contributed by atoms with Gasteiger partial charge in [0.2, 0.25) is 0 Å². The molecule has 2 rings (SSSR count). The molecule has 0 saturated carbocycles. The van der Waals surface area contributed by atoms with Gasteiger partial charge >= 0.3 is 6.18 Å². The van der Waals surface area contributed by atoms with Gasteiger partial charge in [-0.15, -0.1) is 11.3 Å². The number of hydrogen-bond acceptors (Lipinski definition) is 5. The Balaban J connectivity index is 2.07. The summed E-state index contributed by atoms with van der Waals surface area (Å²) in [5, 5.41) is 10.1. The summed E-state index contributed by atoms with van der Waals surface area (Å²) in [6, 6.07) is 0. The Labute approximate surface area is 122 Å². The number of rotatable bonds is 2. The quantitative estimate of drug-likeness (QED) is 0.894. The Morgan fingerprint density at radius 2 is 2.05 bits per heavy atom. The number of aliphatic hydroxyl groups is 1. The lowest BCUT2D eigenvalue weighted by Gasteiger charge is -2.33. The maximum absolute atomic E-state index is 12.5. The molecule has 4 unspecified atom stereocenters. The van der Waals surface area contributed by atoms with Crippen molar-refractivity contribution in [1.29, 1.82) is 0 Å². The van der Waals surface area contributed by atoms with Gasteiger partial charge in [0, 0.05) is 27.7 Å². The largest absolute Gasteiger partial charge is 0.443 e. The van der Waals surface area contributed by atoms with Crippen LogP contribution in [0.5, 0.6) is 0 Å². The Hall–Kier alpha value is 0.0800. The second-order valence-corrected chi connectivity index (χ2v) is 8.52. The van der Waals surface area contributed by atoms with Gasteiger partial charge in [-0.2, -0.15) is 36.7 Å². The lowest BCUT2D eigenvalue weighted by Crippen LogP contribution is -2.30. The molecular weight excluding hydrogens is 315 g/mol. The maximum atomic E-state index is 12.5. The molecule has 1 aliphatic heterocycles. The molecule has 0 amide bonds. The van der Waals surface area contributed by atoms with Crippen LogP contribution in [0.3, 0.4) is 0 Å². The maximum Gasteiger partial charge on any atom is 0.443 e. The van der Waals surface area contributed by atoms with Gasteiger partial charge in [-0.1, -0.05) is 13.8 Å². The van der Waals surface area contributed by atoms with Crippen molar-refractivity contribution in [2.45, 2.75) is 41.9 Å². The molecule has 1 aliphatic rings. The van der Waals surface area contributed by atoms with Crippen LogP contribution in [0, 0.1) is 0 Å². The van der Waals surface area contributed by atoms with E-state index in [1.54, 1.807) is 23.5 Å². The lowest BCUT2D eigenvalue weighted by molar-refractivity contribution is -0.137. The Bertz CT molecular complexity index is 437. The highest BCUT2D eigenvalue weighted by molar-refractivity contribution is 8.07. The van der Waals surface area contributed by atoms with Crippen LogP contribution in [0.1, 0.15) is 29.8 Å². The standard InChI is InChI=1S/C11H14F3NOS3/c1-5-6(2)18-8(4-17-5)9(16)7-3-15-10(19-7)11(12,13)14/h3,5-6,8-9,16H,4H2,1-2H3. The highest BCUT2D eigenvalue weighted by Gasteiger charge is 2.37. The molecule has 4 atom stereocenters. The zero-order valence-electron chi connectivity index (χ0n) is 10.3.